The van der Waals surface area contributed by atoms with Crippen LogP contribution in [-0.4, -0.2) is 34.7 Å². The van der Waals surface area contributed by atoms with Crippen LogP contribution in [0.2, 0.25) is 0 Å². The zero-order chi connectivity index (χ0) is 37.8. The molecule has 1 aliphatic heterocycles. The minimum Gasteiger partial charge on any atom is -0.480 e. The van der Waals surface area contributed by atoms with Crippen molar-refractivity contribution in [2.45, 2.75) is 97.7 Å². The number of hydrazone groups is 1. The third kappa shape index (κ3) is 8.17. The summed E-state index contributed by atoms with van der Waals surface area (Å²) in [5.41, 5.74) is 4.97. The smallest absolute Gasteiger partial charge is 0.294 e. The molecule has 2 amide bonds. The van der Waals surface area contributed by atoms with Gasteiger partial charge in [-0.05, 0) is 97.2 Å². The molecule has 1 aliphatic rings. The number of hydrogen-bond acceptors (Lipinski definition) is 7. The summed E-state index contributed by atoms with van der Waals surface area (Å²) in [7, 11) is 0. The molecule has 0 saturated heterocycles. The molecule has 2 unspecified atom stereocenters. The number of nitro groups is 1. The monoisotopic (exact) mass is 704 g/mol. The highest BCUT2D eigenvalue weighted by Crippen LogP contribution is 2.39. The van der Waals surface area contributed by atoms with Crippen LogP contribution in [-0.2, 0) is 20.4 Å². The Labute approximate surface area is 306 Å². The molecule has 2 atom stereocenters. The number of anilines is 2. The van der Waals surface area contributed by atoms with E-state index in [0.717, 1.165) is 24.0 Å². The van der Waals surface area contributed by atoms with Crippen molar-refractivity contribution < 1.29 is 24.0 Å². The summed E-state index contributed by atoms with van der Waals surface area (Å²) < 4.78 is 12.6. The number of rotatable bonds is 14. The van der Waals surface area contributed by atoms with E-state index in [1.807, 2.05) is 32.0 Å². The quantitative estimate of drug-likeness (QED) is 0.103. The van der Waals surface area contributed by atoms with Crippen LogP contribution in [0.1, 0.15) is 90.0 Å². The molecule has 0 aliphatic carbocycles. The molecule has 10 nitrogen and oxygen atoms in total. The number of non-ortho nitro benzene ring substituents is 1. The van der Waals surface area contributed by atoms with Crippen LogP contribution < -0.4 is 19.8 Å². The largest absolute Gasteiger partial charge is 0.480 e. The maximum absolute atomic E-state index is 13.8. The van der Waals surface area contributed by atoms with E-state index in [1.165, 1.54) is 22.7 Å². The summed E-state index contributed by atoms with van der Waals surface area (Å²) in [6, 6.07) is 26.3. The molecule has 4 aromatic carbocycles. The summed E-state index contributed by atoms with van der Waals surface area (Å²) in [4.78, 5) is 38.1. The Morgan fingerprint density at radius 3 is 2.12 bits per heavy atom. The SMILES string of the molecule is CCC(Oc1ccc(C(C)(C)CC)cc1C(C)(C)CC)C(=O)Nc1ccc(N2N=C(c3ccc([N+](=O)[O-])cc3)C(Oc3ccc(C)cc3)C2=O)cc1. The Morgan fingerprint density at radius 2 is 1.54 bits per heavy atom. The van der Waals surface area contributed by atoms with Crippen LogP contribution in [0.3, 0.4) is 0 Å². The number of hydrogen-bond donors (Lipinski definition) is 1. The number of nitrogens with one attached hydrogen (secondary N) is 1. The van der Waals surface area contributed by atoms with Gasteiger partial charge < -0.3 is 14.8 Å². The van der Waals surface area contributed by atoms with E-state index in [2.05, 4.69) is 64.1 Å². The van der Waals surface area contributed by atoms with Gasteiger partial charge in [0.25, 0.3) is 17.5 Å². The topological polar surface area (TPSA) is 123 Å². The van der Waals surface area contributed by atoms with E-state index >= 15 is 0 Å². The van der Waals surface area contributed by atoms with Crippen LogP contribution in [0, 0.1) is 17.0 Å². The number of aryl methyl sites for hydroxylation is 1. The molecular formula is C42H48N4O6. The number of nitrogens with zero attached hydrogens (tertiary/aromatic N) is 3. The van der Waals surface area contributed by atoms with E-state index < -0.39 is 23.0 Å². The number of carbonyl (C=O) groups is 2. The van der Waals surface area contributed by atoms with Gasteiger partial charge in [-0.2, -0.15) is 10.1 Å². The normalized spacial score (nSPS) is 15.2. The zero-order valence-corrected chi connectivity index (χ0v) is 31.2. The molecule has 0 bridgehead atoms. The van der Waals surface area contributed by atoms with Gasteiger partial charge >= 0.3 is 0 Å². The highest BCUT2D eigenvalue weighted by molar-refractivity contribution is 6.24. The second kappa shape index (κ2) is 15.4. The van der Waals surface area contributed by atoms with Crippen molar-refractivity contribution >= 4 is 34.6 Å². The van der Waals surface area contributed by atoms with Gasteiger partial charge in [-0.1, -0.05) is 78.3 Å². The van der Waals surface area contributed by atoms with E-state index in [1.54, 1.807) is 48.5 Å². The summed E-state index contributed by atoms with van der Waals surface area (Å²) in [6.07, 6.45) is 0.550. The van der Waals surface area contributed by atoms with E-state index in [0.29, 0.717) is 40.6 Å². The second-order valence-electron chi connectivity index (χ2n) is 14.5. The summed E-state index contributed by atoms with van der Waals surface area (Å²) in [6.45, 7) is 17.1. The van der Waals surface area contributed by atoms with Crippen LogP contribution in [0.15, 0.2) is 96.1 Å². The van der Waals surface area contributed by atoms with Gasteiger partial charge in [0.1, 0.15) is 17.2 Å². The lowest BCUT2D eigenvalue weighted by atomic mass is 9.76. The predicted molar refractivity (Wildman–Crippen MR) is 206 cm³/mol. The van der Waals surface area contributed by atoms with Crippen molar-refractivity contribution in [1.29, 1.82) is 0 Å². The van der Waals surface area contributed by atoms with E-state index in [4.69, 9.17) is 9.47 Å². The fourth-order valence-corrected chi connectivity index (χ4v) is 5.81. The van der Waals surface area contributed by atoms with E-state index in [9.17, 15) is 19.7 Å². The molecule has 1 heterocycles. The van der Waals surface area contributed by atoms with Crippen molar-refractivity contribution in [3.8, 4) is 11.5 Å². The highest BCUT2D eigenvalue weighted by Gasteiger charge is 2.40. The molecule has 0 radical (unpaired) electrons. The summed E-state index contributed by atoms with van der Waals surface area (Å²) >= 11 is 0. The first kappa shape index (κ1) is 37.7. The van der Waals surface area contributed by atoms with Crippen molar-refractivity contribution in [2.24, 2.45) is 5.10 Å². The van der Waals surface area contributed by atoms with Gasteiger partial charge in [0.05, 0.1) is 10.6 Å². The predicted octanol–water partition coefficient (Wildman–Crippen LogP) is 9.27. The molecule has 0 aromatic heterocycles. The van der Waals surface area contributed by atoms with E-state index in [-0.39, 0.29) is 22.4 Å². The molecule has 1 N–H and O–H groups in total. The van der Waals surface area contributed by atoms with Gasteiger partial charge in [0, 0.05) is 28.9 Å². The fraction of sp³-hybridized carbons (Fsp3) is 0.357. The molecule has 272 valence electrons. The number of benzene rings is 4. The average molecular weight is 705 g/mol. The number of ether oxygens (including phenoxy) is 2. The van der Waals surface area contributed by atoms with Crippen molar-refractivity contribution in [2.75, 3.05) is 10.3 Å². The van der Waals surface area contributed by atoms with Gasteiger partial charge in [-0.15, -0.1) is 0 Å². The molecule has 10 heteroatoms. The van der Waals surface area contributed by atoms with Gasteiger partial charge in [-0.25, -0.2) is 0 Å². The van der Waals surface area contributed by atoms with Crippen molar-refractivity contribution in [1.82, 2.24) is 0 Å². The molecule has 52 heavy (non-hydrogen) atoms. The third-order valence-corrected chi connectivity index (χ3v) is 10.1. The first-order chi connectivity index (χ1) is 24.7. The Balaban J connectivity index is 1.36. The molecular weight excluding hydrogens is 656 g/mol. The Bertz CT molecular complexity index is 1950. The van der Waals surface area contributed by atoms with Gasteiger partial charge in [0.2, 0.25) is 6.10 Å². The zero-order valence-electron chi connectivity index (χ0n) is 31.2. The Morgan fingerprint density at radius 1 is 0.904 bits per heavy atom. The third-order valence-electron chi connectivity index (χ3n) is 10.1. The highest BCUT2D eigenvalue weighted by atomic mass is 16.6. The molecule has 4 aromatic rings. The van der Waals surface area contributed by atoms with Crippen LogP contribution in [0.25, 0.3) is 0 Å². The summed E-state index contributed by atoms with van der Waals surface area (Å²) in [5.74, 6) is 0.480. The van der Waals surface area contributed by atoms with Crippen molar-refractivity contribution in [3.05, 3.63) is 123 Å². The van der Waals surface area contributed by atoms with Crippen molar-refractivity contribution in [3.63, 3.8) is 0 Å². The van der Waals surface area contributed by atoms with Gasteiger partial charge in [-0.3, -0.25) is 19.7 Å². The summed E-state index contributed by atoms with van der Waals surface area (Å²) in [5, 5.41) is 20.1. The average Bonchev–Trinajstić information content (AvgIpc) is 3.46. The molecule has 0 spiro atoms. The number of nitro benzene ring substituents is 1. The number of amides is 2. The first-order valence-corrected chi connectivity index (χ1v) is 17.8. The Kier molecular flexibility index (Phi) is 11.2. The maximum Gasteiger partial charge on any atom is 0.294 e. The van der Waals surface area contributed by atoms with Crippen LogP contribution >= 0.6 is 0 Å². The lowest BCUT2D eigenvalue weighted by Crippen LogP contribution is -2.37. The Hall–Kier alpha value is -5.51. The molecule has 0 saturated carbocycles. The fourth-order valence-electron chi connectivity index (χ4n) is 5.81. The standard InChI is InChI=1S/C42H48N4O6/c1-9-35(52-36-25-16-29(41(5,6)10-2)26-34(36)42(7,8)11-3)39(47)43-30-17-21-31(22-18-30)45-40(48)38(51-33-23-12-27(4)13-24-33)37(44-45)28-14-19-32(20-15-28)46(49)50/h12-26,35,38H,9-11H2,1-8H3,(H,43,47). The minimum absolute atomic E-state index is 0.0110. The maximum atomic E-state index is 13.8. The van der Waals surface area contributed by atoms with Gasteiger partial charge in [0.15, 0.2) is 6.10 Å². The molecule has 5 rings (SSSR count). The number of carbonyl (C=O) groups excluding carboxylic acids is 2. The molecule has 0 fully saturated rings. The lowest BCUT2D eigenvalue weighted by molar-refractivity contribution is -0.384. The van der Waals surface area contributed by atoms with Crippen LogP contribution in [0.5, 0.6) is 11.5 Å². The van der Waals surface area contributed by atoms with Crippen LogP contribution in [0.4, 0.5) is 17.1 Å². The lowest BCUT2D eigenvalue weighted by Gasteiger charge is -2.31. The first-order valence-electron chi connectivity index (χ1n) is 17.8. The minimum atomic E-state index is -1.09. The second-order valence-corrected chi connectivity index (χ2v) is 14.5.